The predicted octanol–water partition coefficient (Wildman–Crippen LogP) is 5.03. The zero-order valence-electron chi connectivity index (χ0n) is 20.9. The van der Waals surface area contributed by atoms with Crippen LogP contribution >= 0.6 is 0 Å². The zero-order valence-corrected chi connectivity index (χ0v) is 20.9. The Morgan fingerprint density at radius 3 is 2.53 bits per heavy atom. The van der Waals surface area contributed by atoms with Crippen molar-refractivity contribution in [2.75, 3.05) is 44.2 Å². The van der Waals surface area contributed by atoms with E-state index in [-0.39, 0.29) is 17.7 Å². The van der Waals surface area contributed by atoms with Gasteiger partial charge in [0.1, 0.15) is 0 Å². The van der Waals surface area contributed by atoms with E-state index in [4.69, 9.17) is 4.74 Å². The number of hydrogen-bond acceptors (Lipinski definition) is 5. The average molecular weight is 465 g/mol. The third kappa shape index (κ3) is 5.80. The number of carbonyl (C=O) groups is 2. The van der Waals surface area contributed by atoms with Crippen LogP contribution in [0.3, 0.4) is 0 Å². The Balaban J connectivity index is 1.15. The second kappa shape index (κ2) is 11.4. The van der Waals surface area contributed by atoms with Gasteiger partial charge in [0.05, 0.1) is 6.61 Å². The van der Waals surface area contributed by atoms with Crippen molar-refractivity contribution in [3.05, 3.63) is 53.6 Å². The lowest BCUT2D eigenvalue weighted by Crippen LogP contribution is -2.46. The zero-order chi connectivity index (χ0) is 24.1. The molecule has 5 nitrogen and oxygen atoms in total. The molecule has 2 aliphatic carbocycles. The van der Waals surface area contributed by atoms with E-state index in [2.05, 4.69) is 53.6 Å². The first-order valence-electron chi connectivity index (χ1n) is 13.0. The molecule has 3 atom stereocenters. The molecular weight excluding hydrogens is 424 g/mol. The number of hydrogen-bond donors (Lipinski definition) is 0. The largest absolute Gasteiger partial charge is 0.462 e. The van der Waals surface area contributed by atoms with Crippen molar-refractivity contribution in [2.45, 2.75) is 52.4 Å². The number of rotatable bonds is 8. The van der Waals surface area contributed by atoms with Crippen molar-refractivity contribution in [1.29, 1.82) is 0 Å². The lowest BCUT2D eigenvalue weighted by Gasteiger charge is -2.36. The fourth-order valence-corrected chi connectivity index (χ4v) is 5.84. The van der Waals surface area contributed by atoms with Gasteiger partial charge >= 0.3 is 5.97 Å². The molecule has 1 aromatic rings. The van der Waals surface area contributed by atoms with Crippen LogP contribution in [0.2, 0.25) is 0 Å². The van der Waals surface area contributed by atoms with Crippen molar-refractivity contribution in [3.8, 4) is 0 Å². The highest BCUT2D eigenvalue weighted by Crippen LogP contribution is 2.45. The van der Waals surface area contributed by atoms with Gasteiger partial charge in [-0.15, -0.1) is 0 Å². The van der Waals surface area contributed by atoms with E-state index in [0.717, 1.165) is 70.4 Å². The molecular formula is C29H40N2O3. The van der Waals surface area contributed by atoms with E-state index in [9.17, 15) is 9.59 Å². The fraction of sp³-hybridized carbons (Fsp3) is 0.586. The summed E-state index contributed by atoms with van der Waals surface area (Å²) in [6, 6.07) is 10.6. The van der Waals surface area contributed by atoms with Gasteiger partial charge in [0.2, 0.25) is 0 Å². The number of esters is 1. The van der Waals surface area contributed by atoms with Gasteiger partial charge < -0.3 is 9.64 Å². The number of carbonyl (C=O) groups excluding carboxylic acids is 2. The number of ketones is 1. The van der Waals surface area contributed by atoms with Crippen LogP contribution in [0.25, 0.3) is 0 Å². The molecule has 0 amide bonds. The first kappa shape index (κ1) is 24.7. The highest BCUT2D eigenvalue weighted by Gasteiger charge is 2.38. The molecule has 3 aliphatic rings. The van der Waals surface area contributed by atoms with Crippen LogP contribution in [0.5, 0.6) is 0 Å². The summed E-state index contributed by atoms with van der Waals surface area (Å²) in [7, 11) is 0. The molecule has 0 spiro atoms. The number of para-hydroxylation sites is 1. The molecule has 1 aliphatic heterocycles. The van der Waals surface area contributed by atoms with Crippen LogP contribution in [0.15, 0.2) is 53.6 Å². The second-order valence-corrected chi connectivity index (χ2v) is 10.4. The first-order valence-corrected chi connectivity index (χ1v) is 13.0. The number of unbranched alkanes of at least 4 members (excludes halogenated alkanes) is 1. The van der Waals surface area contributed by atoms with E-state index in [1.54, 1.807) is 0 Å². The Morgan fingerprint density at radius 1 is 1.06 bits per heavy atom. The van der Waals surface area contributed by atoms with Crippen molar-refractivity contribution >= 4 is 17.4 Å². The third-order valence-corrected chi connectivity index (χ3v) is 8.23. The Hall–Kier alpha value is -2.40. The minimum atomic E-state index is -0.254. The van der Waals surface area contributed by atoms with Gasteiger partial charge in [-0.3, -0.25) is 9.69 Å². The standard InChI is InChI=1S/C29H40N2O3/c1-21-11-12-24(19-27-23(3)28(32)20-26(21)27)22(2)29(33)34-18-8-7-13-30-14-16-31(17-15-30)25-9-5-4-6-10-25/h4-6,9-10,21,24,26H,2,7-8,11-20H2,1,3H3/t21-,24?,26-/m1/s1. The number of piperazine rings is 1. The predicted molar refractivity (Wildman–Crippen MR) is 137 cm³/mol. The maximum absolute atomic E-state index is 12.7. The molecule has 5 heteroatoms. The molecule has 34 heavy (non-hydrogen) atoms. The Morgan fingerprint density at radius 2 is 1.79 bits per heavy atom. The van der Waals surface area contributed by atoms with Crippen molar-refractivity contribution < 1.29 is 14.3 Å². The summed E-state index contributed by atoms with van der Waals surface area (Å²) in [5, 5.41) is 0. The fourth-order valence-electron chi connectivity index (χ4n) is 5.84. The van der Waals surface area contributed by atoms with Crippen LogP contribution in [-0.4, -0.2) is 56.0 Å². The molecule has 1 heterocycles. The third-order valence-electron chi connectivity index (χ3n) is 8.23. The lowest BCUT2D eigenvalue weighted by atomic mass is 9.86. The summed E-state index contributed by atoms with van der Waals surface area (Å²) in [6.45, 7) is 14.1. The van der Waals surface area contributed by atoms with Crippen LogP contribution in [0.1, 0.15) is 52.4 Å². The van der Waals surface area contributed by atoms with E-state index < -0.39 is 0 Å². The topological polar surface area (TPSA) is 49.9 Å². The van der Waals surface area contributed by atoms with Gasteiger partial charge in [-0.05, 0) is 81.0 Å². The smallest absolute Gasteiger partial charge is 0.333 e. The highest BCUT2D eigenvalue weighted by molar-refractivity contribution is 5.98. The second-order valence-electron chi connectivity index (χ2n) is 10.4. The maximum Gasteiger partial charge on any atom is 0.333 e. The molecule has 0 N–H and O–H groups in total. The Labute approximate surface area is 204 Å². The van der Waals surface area contributed by atoms with Crippen molar-refractivity contribution in [2.24, 2.45) is 17.8 Å². The molecule has 1 saturated heterocycles. The number of Topliss-reactive ketones (excluding diaryl/α,β-unsaturated/α-hetero) is 1. The van der Waals surface area contributed by atoms with E-state index in [1.165, 1.54) is 11.3 Å². The number of allylic oxidation sites excluding steroid dienone is 2. The Kier molecular flexibility index (Phi) is 8.25. The van der Waals surface area contributed by atoms with Gasteiger partial charge in [-0.25, -0.2) is 4.79 Å². The highest BCUT2D eigenvalue weighted by atomic mass is 16.5. The monoisotopic (exact) mass is 464 g/mol. The summed E-state index contributed by atoms with van der Waals surface area (Å²) in [5.41, 5.74) is 4.08. The molecule has 0 radical (unpaired) electrons. The SMILES string of the molecule is C=C(C(=O)OCCCCN1CCN(c2ccccc2)CC1)C1CC[C@@H](C)[C@H]2CC(=O)C(C)=C2C1. The van der Waals surface area contributed by atoms with Gasteiger partial charge in [0.25, 0.3) is 0 Å². The van der Waals surface area contributed by atoms with Crippen LogP contribution in [0, 0.1) is 17.8 Å². The van der Waals surface area contributed by atoms with Crippen LogP contribution in [0.4, 0.5) is 5.69 Å². The Bertz CT molecular complexity index is 915. The maximum atomic E-state index is 12.7. The first-order chi connectivity index (χ1) is 16.4. The van der Waals surface area contributed by atoms with E-state index in [1.807, 2.05) is 6.92 Å². The number of anilines is 1. The summed E-state index contributed by atoms with van der Waals surface area (Å²) < 4.78 is 5.60. The molecule has 1 aromatic carbocycles. The van der Waals surface area contributed by atoms with Crippen molar-refractivity contribution in [3.63, 3.8) is 0 Å². The molecule has 0 aromatic heterocycles. The van der Waals surface area contributed by atoms with Gasteiger partial charge in [0, 0.05) is 43.9 Å². The van der Waals surface area contributed by atoms with Gasteiger partial charge in [0.15, 0.2) is 5.78 Å². The summed E-state index contributed by atoms with van der Waals surface area (Å²) in [5.74, 6) is 0.963. The van der Waals surface area contributed by atoms with E-state index >= 15 is 0 Å². The van der Waals surface area contributed by atoms with E-state index in [0.29, 0.717) is 30.4 Å². The lowest BCUT2D eigenvalue weighted by molar-refractivity contribution is -0.139. The number of benzene rings is 1. The molecule has 184 valence electrons. The normalized spacial score (nSPS) is 25.8. The summed E-state index contributed by atoms with van der Waals surface area (Å²) in [6.07, 6.45) is 5.32. The molecule has 4 rings (SSSR count). The molecule has 1 saturated carbocycles. The molecule has 2 fully saturated rings. The van der Waals surface area contributed by atoms with Gasteiger partial charge in [-0.2, -0.15) is 0 Å². The van der Waals surface area contributed by atoms with Crippen LogP contribution in [-0.2, 0) is 14.3 Å². The molecule has 0 bridgehead atoms. The minimum Gasteiger partial charge on any atom is -0.462 e. The quantitative estimate of drug-likeness (QED) is 0.307. The van der Waals surface area contributed by atoms with Gasteiger partial charge in [-0.1, -0.05) is 37.3 Å². The minimum absolute atomic E-state index is 0.0942. The average Bonchev–Trinajstić information content (AvgIpc) is 3.04. The summed E-state index contributed by atoms with van der Waals surface area (Å²) in [4.78, 5) is 29.9. The van der Waals surface area contributed by atoms with Crippen molar-refractivity contribution in [1.82, 2.24) is 4.90 Å². The number of ether oxygens (including phenoxy) is 1. The summed E-state index contributed by atoms with van der Waals surface area (Å²) >= 11 is 0. The number of fused-ring (bicyclic) bond motifs is 1. The number of nitrogens with zero attached hydrogens (tertiary/aromatic N) is 2. The molecule has 1 unspecified atom stereocenters. The van der Waals surface area contributed by atoms with Crippen LogP contribution < -0.4 is 4.90 Å².